The van der Waals surface area contributed by atoms with Gasteiger partial charge in [0.25, 0.3) is 5.91 Å². The Labute approximate surface area is 117 Å². The summed E-state index contributed by atoms with van der Waals surface area (Å²) in [5.41, 5.74) is 0.926. The van der Waals surface area contributed by atoms with Crippen LogP contribution in [0.1, 0.15) is 16.2 Å². The van der Waals surface area contributed by atoms with Crippen molar-refractivity contribution in [1.82, 2.24) is 15.0 Å². The second kappa shape index (κ2) is 5.41. The molecule has 2 rings (SSSR count). The van der Waals surface area contributed by atoms with Gasteiger partial charge >= 0.3 is 0 Å². The molecule has 7 heteroatoms. The van der Waals surface area contributed by atoms with Crippen molar-refractivity contribution in [2.24, 2.45) is 0 Å². The molecule has 0 atom stereocenters. The highest BCUT2D eigenvalue weighted by molar-refractivity contribution is 9.10. The number of anilines is 1. The van der Waals surface area contributed by atoms with E-state index in [2.05, 4.69) is 36.2 Å². The Morgan fingerprint density at radius 3 is 2.78 bits per heavy atom. The predicted molar refractivity (Wildman–Crippen MR) is 71.7 cm³/mol. The summed E-state index contributed by atoms with van der Waals surface area (Å²) in [5, 5.41) is 2.79. The molecule has 5 nitrogen and oxygen atoms in total. The number of halogens is 2. The summed E-state index contributed by atoms with van der Waals surface area (Å²) in [6.07, 6.45) is 2.70. The fourth-order valence-electron chi connectivity index (χ4n) is 1.25. The van der Waals surface area contributed by atoms with Crippen molar-refractivity contribution in [3.63, 3.8) is 0 Å². The summed E-state index contributed by atoms with van der Waals surface area (Å²) in [4.78, 5) is 23.7. The van der Waals surface area contributed by atoms with Crippen LogP contribution in [0, 0.1) is 6.92 Å². The lowest BCUT2D eigenvalue weighted by molar-refractivity contribution is 0.102. The maximum atomic E-state index is 11.8. The van der Waals surface area contributed by atoms with Crippen LogP contribution in [-0.2, 0) is 0 Å². The van der Waals surface area contributed by atoms with Gasteiger partial charge in [0.1, 0.15) is 16.7 Å². The van der Waals surface area contributed by atoms with E-state index in [1.165, 1.54) is 12.4 Å². The standard InChI is InChI=1S/C11H8BrClN4O/c1-6-7(12)2-3-10(15-6)17-11(18)8-4-14-5-9(13)16-8/h2-5H,1H3,(H,15,17,18). The normalized spacial score (nSPS) is 10.2. The maximum absolute atomic E-state index is 11.8. The molecule has 0 bridgehead atoms. The molecule has 0 radical (unpaired) electrons. The molecule has 2 aromatic rings. The van der Waals surface area contributed by atoms with Gasteiger partial charge in [0.05, 0.1) is 18.1 Å². The van der Waals surface area contributed by atoms with Gasteiger partial charge in [-0.3, -0.25) is 9.78 Å². The van der Waals surface area contributed by atoms with Crippen LogP contribution < -0.4 is 5.32 Å². The van der Waals surface area contributed by atoms with E-state index in [0.29, 0.717) is 5.82 Å². The van der Waals surface area contributed by atoms with Gasteiger partial charge in [-0.05, 0) is 35.0 Å². The molecule has 0 aliphatic carbocycles. The van der Waals surface area contributed by atoms with Crippen molar-refractivity contribution in [3.05, 3.63) is 45.5 Å². The van der Waals surface area contributed by atoms with E-state index < -0.39 is 5.91 Å². The van der Waals surface area contributed by atoms with E-state index in [0.717, 1.165) is 10.2 Å². The lowest BCUT2D eigenvalue weighted by atomic mass is 10.3. The van der Waals surface area contributed by atoms with Gasteiger partial charge in [-0.2, -0.15) is 0 Å². The van der Waals surface area contributed by atoms with Gasteiger partial charge in [0, 0.05) is 4.47 Å². The molecule has 1 N–H and O–H groups in total. The fraction of sp³-hybridized carbons (Fsp3) is 0.0909. The van der Waals surface area contributed by atoms with Crippen molar-refractivity contribution in [1.29, 1.82) is 0 Å². The minimum Gasteiger partial charge on any atom is -0.305 e. The topological polar surface area (TPSA) is 67.8 Å². The zero-order chi connectivity index (χ0) is 13.1. The van der Waals surface area contributed by atoms with E-state index >= 15 is 0 Å². The molecule has 0 saturated heterocycles. The number of nitrogens with zero attached hydrogens (tertiary/aromatic N) is 3. The molecule has 2 aromatic heterocycles. The molecule has 0 fully saturated rings. The van der Waals surface area contributed by atoms with Crippen molar-refractivity contribution in [2.75, 3.05) is 5.32 Å². The van der Waals surface area contributed by atoms with Crippen LogP contribution in [-0.4, -0.2) is 20.9 Å². The summed E-state index contributed by atoms with van der Waals surface area (Å²) in [6, 6.07) is 3.49. The smallest absolute Gasteiger partial charge is 0.277 e. The summed E-state index contributed by atoms with van der Waals surface area (Å²) in [5.74, 6) is 0.0432. The number of carbonyl (C=O) groups is 1. The van der Waals surface area contributed by atoms with Crippen LogP contribution in [0.2, 0.25) is 5.15 Å². The van der Waals surface area contributed by atoms with E-state index in [-0.39, 0.29) is 10.8 Å². The molecular formula is C11H8BrClN4O. The van der Waals surface area contributed by atoms with Gasteiger partial charge in [-0.1, -0.05) is 11.6 Å². The second-order valence-electron chi connectivity index (χ2n) is 3.44. The number of rotatable bonds is 2. The van der Waals surface area contributed by atoms with E-state index in [1.54, 1.807) is 6.07 Å². The first-order valence-corrected chi connectivity index (χ1v) is 6.15. The minimum absolute atomic E-state index is 0.143. The Bertz CT molecular complexity index is 605. The number of amides is 1. The van der Waals surface area contributed by atoms with Gasteiger partial charge in [-0.25, -0.2) is 9.97 Å². The Morgan fingerprint density at radius 2 is 2.11 bits per heavy atom. The molecular weight excluding hydrogens is 320 g/mol. The summed E-state index contributed by atoms with van der Waals surface area (Å²) >= 11 is 9.00. The average Bonchev–Trinajstić information content (AvgIpc) is 2.34. The molecule has 2 heterocycles. The molecule has 92 valence electrons. The van der Waals surface area contributed by atoms with Crippen molar-refractivity contribution >= 4 is 39.3 Å². The average molecular weight is 328 g/mol. The first-order valence-electron chi connectivity index (χ1n) is 4.98. The minimum atomic E-state index is -0.403. The Balaban J connectivity index is 2.18. The molecule has 0 spiro atoms. The molecule has 0 unspecified atom stereocenters. The van der Waals surface area contributed by atoms with Crippen LogP contribution in [0.5, 0.6) is 0 Å². The molecule has 0 aliphatic rings. The first-order chi connectivity index (χ1) is 8.56. The largest absolute Gasteiger partial charge is 0.305 e. The summed E-state index contributed by atoms with van der Waals surface area (Å²) < 4.78 is 0.878. The molecule has 0 aromatic carbocycles. The van der Waals surface area contributed by atoms with E-state index in [9.17, 15) is 4.79 Å². The summed E-state index contributed by atoms with van der Waals surface area (Å²) in [6.45, 7) is 1.83. The molecule has 0 aliphatic heterocycles. The van der Waals surface area contributed by atoms with Gasteiger partial charge in [-0.15, -0.1) is 0 Å². The number of aryl methyl sites for hydroxylation is 1. The number of hydrogen-bond acceptors (Lipinski definition) is 4. The second-order valence-corrected chi connectivity index (χ2v) is 4.69. The number of carbonyl (C=O) groups excluding carboxylic acids is 1. The van der Waals surface area contributed by atoms with Crippen molar-refractivity contribution in [3.8, 4) is 0 Å². The lowest BCUT2D eigenvalue weighted by Crippen LogP contribution is -2.15. The predicted octanol–water partition coefficient (Wildman–Crippen LogP) is 2.85. The zero-order valence-corrected chi connectivity index (χ0v) is 11.7. The first kappa shape index (κ1) is 12.9. The third kappa shape index (κ3) is 3.02. The van der Waals surface area contributed by atoms with Crippen LogP contribution in [0.3, 0.4) is 0 Å². The number of hydrogen-bond donors (Lipinski definition) is 1. The Morgan fingerprint density at radius 1 is 1.33 bits per heavy atom. The van der Waals surface area contributed by atoms with E-state index in [1.807, 2.05) is 13.0 Å². The Kier molecular flexibility index (Phi) is 3.88. The van der Waals surface area contributed by atoms with Gasteiger partial charge in [0.15, 0.2) is 0 Å². The Hall–Kier alpha value is -1.53. The molecule has 18 heavy (non-hydrogen) atoms. The molecule has 0 saturated carbocycles. The highest BCUT2D eigenvalue weighted by Gasteiger charge is 2.10. The van der Waals surface area contributed by atoms with Gasteiger partial charge < -0.3 is 5.32 Å². The number of nitrogens with one attached hydrogen (secondary N) is 1. The lowest BCUT2D eigenvalue weighted by Gasteiger charge is -2.05. The van der Waals surface area contributed by atoms with Crippen molar-refractivity contribution < 1.29 is 4.79 Å². The monoisotopic (exact) mass is 326 g/mol. The van der Waals surface area contributed by atoms with Crippen LogP contribution >= 0.6 is 27.5 Å². The summed E-state index contributed by atoms with van der Waals surface area (Å²) in [7, 11) is 0. The SMILES string of the molecule is Cc1nc(NC(=O)c2cncc(Cl)n2)ccc1Br. The maximum Gasteiger partial charge on any atom is 0.277 e. The number of pyridine rings is 1. The van der Waals surface area contributed by atoms with E-state index in [4.69, 9.17) is 11.6 Å². The van der Waals surface area contributed by atoms with Crippen molar-refractivity contribution in [2.45, 2.75) is 6.92 Å². The van der Waals surface area contributed by atoms with Gasteiger partial charge in [0.2, 0.25) is 0 Å². The van der Waals surface area contributed by atoms with Crippen LogP contribution in [0.4, 0.5) is 5.82 Å². The third-order valence-corrected chi connectivity index (χ3v) is 3.12. The zero-order valence-electron chi connectivity index (χ0n) is 9.32. The number of aromatic nitrogens is 3. The van der Waals surface area contributed by atoms with Crippen LogP contribution in [0.15, 0.2) is 29.0 Å². The third-order valence-electron chi connectivity index (χ3n) is 2.10. The quantitative estimate of drug-likeness (QED) is 0.921. The molecule has 1 amide bonds. The van der Waals surface area contributed by atoms with Crippen LogP contribution in [0.25, 0.3) is 0 Å². The highest BCUT2D eigenvalue weighted by Crippen LogP contribution is 2.16. The highest BCUT2D eigenvalue weighted by atomic mass is 79.9. The fourth-order valence-corrected chi connectivity index (χ4v) is 1.61.